The molecule has 46 heavy (non-hydrogen) atoms. The van der Waals surface area contributed by atoms with Gasteiger partial charge in [-0.25, -0.2) is 9.78 Å². The highest BCUT2D eigenvalue weighted by molar-refractivity contribution is 5.91. The molecule has 0 fully saturated rings. The molecule has 0 bridgehead atoms. The molecule has 0 aliphatic rings. The van der Waals surface area contributed by atoms with Crippen LogP contribution in [-0.4, -0.2) is 51.0 Å². The van der Waals surface area contributed by atoms with Crippen molar-refractivity contribution in [3.63, 3.8) is 0 Å². The Morgan fingerprint density at radius 2 is 1.70 bits per heavy atom. The zero-order valence-corrected chi connectivity index (χ0v) is 26.3. The number of aliphatic carboxylic acids is 1. The number of carboxylic acids is 1. The van der Waals surface area contributed by atoms with E-state index < -0.39 is 12.1 Å². The number of nitrogens with one attached hydrogen (secondary N) is 3. The van der Waals surface area contributed by atoms with Crippen molar-refractivity contribution in [2.24, 2.45) is 0 Å². The SMILES string of the molecule is CCCCC(=O)CCCCC[C@H](NC(=O)Cc1c(C)[nH]c2ccc(OC)cc12)c1ncc(-c2ccccc2)[nH]1.O=C(O)C(F)(F)F. The van der Waals surface area contributed by atoms with Crippen LogP contribution < -0.4 is 10.1 Å². The highest BCUT2D eigenvalue weighted by Gasteiger charge is 2.38. The molecule has 0 saturated carbocycles. The number of carbonyl (C=O) groups excluding carboxylic acids is 2. The minimum Gasteiger partial charge on any atom is -0.497 e. The number of ether oxygens (including phenoxy) is 1. The van der Waals surface area contributed by atoms with Crippen molar-refractivity contribution in [2.75, 3.05) is 7.11 Å². The monoisotopic (exact) mass is 642 g/mol. The first-order valence-corrected chi connectivity index (χ1v) is 15.3. The molecule has 1 atom stereocenters. The van der Waals surface area contributed by atoms with Crippen LogP contribution >= 0.6 is 0 Å². The minimum atomic E-state index is -5.08. The summed E-state index contributed by atoms with van der Waals surface area (Å²) in [6.07, 6.45) is 3.81. The molecule has 4 rings (SSSR count). The summed E-state index contributed by atoms with van der Waals surface area (Å²) >= 11 is 0. The largest absolute Gasteiger partial charge is 0.497 e. The van der Waals surface area contributed by atoms with Crippen LogP contribution in [0.5, 0.6) is 5.75 Å². The lowest BCUT2D eigenvalue weighted by Crippen LogP contribution is -2.30. The number of aromatic amines is 2. The van der Waals surface area contributed by atoms with Crippen LogP contribution in [0.3, 0.4) is 0 Å². The van der Waals surface area contributed by atoms with Crippen LogP contribution in [0.15, 0.2) is 54.7 Å². The number of amides is 1. The smallest absolute Gasteiger partial charge is 0.490 e. The van der Waals surface area contributed by atoms with Crippen molar-refractivity contribution < 1.29 is 37.4 Å². The van der Waals surface area contributed by atoms with E-state index in [0.29, 0.717) is 18.6 Å². The van der Waals surface area contributed by atoms with E-state index in [1.165, 1.54) is 0 Å². The van der Waals surface area contributed by atoms with Gasteiger partial charge in [-0.3, -0.25) is 9.59 Å². The number of nitrogens with zero attached hydrogens (tertiary/aromatic N) is 1. The first-order chi connectivity index (χ1) is 21.9. The maximum atomic E-state index is 13.4. The molecule has 2 aromatic heterocycles. The molecule has 0 unspecified atom stereocenters. The van der Waals surface area contributed by atoms with Crippen LogP contribution in [0.25, 0.3) is 22.2 Å². The van der Waals surface area contributed by atoms with Crippen molar-refractivity contribution in [1.82, 2.24) is 20.3 Å². The summed E-state index contributed by atoms with van der Waals surface area (Å²) in [6, 6.07) is 15.7. The first kappa shape index (κ1) is 35.9. The van der Waals surface area contributed by atoms with E-state index in [1.807, 2.05) is 61.7 Å². The Morgan fingerprint density at radius 3 is 2.35 bits per heavy atom. The summed E-state index contributed by atoms with van der Waals surface area (Å²) in [4.78, 5) is 45.7. The number of hydrogen-bond acceptors (Lipinski definition) is 5. The predicted octanol–water partition coefficient (Wildman–Crippen LogP) is 7.62. The summed E-state index contributed by atoms with van der Waals surface area (Å²) in [5.41, 5.74) is 4.90. The van der Waals surface area contributed by atoms with E-state index in [0.717, 1.165) is 83.5 Å². The van der Waals surface area contributed by atoms with Gasteiger partial charge < -0.3 is 25.1 Å². The van der Waals surface area contributed by atoms with Gasteiger partial charge in [-0.1, -0.05) is 56.5 Å². The lowest BCUT2D eigenvalue weighted by molar-refractivity contribution is -0.192. The van der Waals surface area contributed by atoms with E-state index >= 15 is 0 Å². The van der Waals surface area contributed by atoms with Crippen molar-refractivity contribution >= 4 is 28.6 Å². The molecular formula is C34H41F3N4O5. The number of Topliss-reactive ketones (excluding diaryl/α,β-unsaturated/α-hetero) is 1. The molecule has 4 N–H and O–H groups in total. The van der Waals surface area contributed by atoms with Gasteiger partial charge in [-0.15, -0.1) is 0 Å². The summed E-state index contributed by atoms with van der Waals surface area (Å²) in [5.74, 6) is -0.950. The van der Waals surface area contributed by atoms with Gasteiger partial charge in [0.2, 0.25) is 5.91 Å². The number of ketones is 1. The van der Waals surface area contributed by atoms with Crippen molar-refractivity contribution in [3.8, 4) is 17.0 Å². The third kappa shape index (κ3) is 10.8. The number of carboxylic acid groups (broad SMARTS) is 1. The second kappa shape index (κ2) is 17.2. The average Bonchev–Trinajstić information content (AvgIpc) is 3.64. The minimum absolute atomic E-state index is 0.0563. The van der Waals surface area contributed by atoms with Gasteiger partial charge in [-0.2, -0.15) is 13.2 Å². The molecule has 0 aliphatic heterocycles. The zero-order valence-electron chi connectivity index (χ0n) is 26.3. The van der Waals surface area contributed by atoms with E-state index in [-0.39, 0.29) is 18.4 Å². The third-order valence-electron chi connectivity index (χ3n) is 7.51. The number of halogens is 3. The molecule has 248 valence electrons. The molecule has 0 spiro atoms. The Bertz CT molecular complexity index is 1580. The van der Waals surface area contributed by atoms with E-state index in [4.69, 9.17) is 14.6 Å². The lowest BCUT2D eigenvalue weighted by Gasteiger charge is -2.17. The number of aromatic nitrogens is 3. The Hall–Kier alpha value is -4.61. The standard InChI is InChI=1S/C32H40N4O3.C2HF3O2/c1-4-5-14-24(37)15-10-7-11-16-29(32-33-21-30(36-32)23-12-8-6-9-13-23)35-31(38)20-26-22(2)34-28-18-17-25(39-3)19-27(26)28;3-2(4,5)1(6)7/h6,8-9,12-13,17-19,21,29,34H,4-5,7,10-11,14-16,20H2,1-3H3,(H,33,36)(H,35,38);(H,6,7)/t29-;/m0./s1. The Morgan fingerprint density at radius 1 is 1.00 bits per heavy atom. The lowest BCUT2D eigenvalue weighted by atomic mass is 10.0. The van der Waals surface area contributed by atoms with Crippen molar-refractivity contribution in [2.45, 2.75) is 83.9 Å². The number of hydrogen-bond donors (Lipinski definition) is 4. The van der Waals surface area contributed by atoms with E-state index in [9.17, 15) is 22.8 Å². The number of imidazole rings is 1. The summed E-state index contributed by atoms with van der Waals surface area (Å²) < 4.78 is 37.1. The fraction of sp³-hybridized carbons (Fsp3) is 0.412. The van der Waals surface area contributed by atoms with Crippen LogP contribution in [0.4, 0.5) is 13.2 Å². The summed E-state index contributed by atoms with van der Waals surface area (Å²) in [7, 11) is 1.64. The van der Waals surface area contributed by atoms with Gasteiger partial charge >= 0.3 is 12.1 Å². The molecule has 2 aromatic carbocycles. The highest BCUT2D eigenvalue weighted by atomic mass is 19.4. The number of benzene rings is 2. The molecule has 0 saturated heterocycles. The number of fused-ring (bicyclic) bond motifs is 1. The van der Waals surface area contributed by atoms with E-state index in [1.54, 1.807) is 7.11 Å². The van der Waals surface area contributed by atoms with Gasteiger partial charge in [0.05, 0.1) is 31.5 Å². The topological polar surface area (TPSA) is 137 Å². The molecule has 1 amide bonds. The Balaban J connectivity index is 0.000000738. The molecule has 4 aromatic rings. The number of rotatable bonds is 15. The van der Waals surface area contributed by atoms with E-state index in [2.05, 4.69) is 27.2 Å². The number of carbonyl (C=O) groups is 3. The van der Waals surface area contributed by atoms with Crippen LogP contribution in [0, 0.1) is 6.92 Å². The van der Waals surface area contributed by atoms with Crippen molar-refractivity contribution in [3.05, 3.63) is 71.8 Å². The number of H-pyrrole nitrogens is 2. The molecule has 0 aliphatic carbocycles. The van der Waals surface area contributed by atoms with Gasteiger partial charge in [0.1, 0.15) is 17.4 Å². The zero-order chi connectivity index (χ0) is 33.7. The molecule has 12 heteroatoms. The Kier molecular flexibility index (Phi) is 13.4. The quantitative estimate of drug-likeness (QED) is 0.0985. The molecule has 9 nitrogen and oxygen atoms in total. The van der Waals surface area contributed by atoms with Crippen LogP contribution in [0.1, 0.15) is 81.4 Å². The Labute approximate surface area is 266 Å². The number of alkyl halides is 3. The second-order valence-electron chi connectivity index (χ2n) is 11.0. The fourth-order valence-electron chi connectivity index (χ4n) is 5.02. The highest BCUT2D eigenvalue weighted by Crippen LogP contribution is 2.28. The summed E-state index contributed by atoms with van der Waals surface area (Å²) in [5, 5.41) is 11.4. The molecular weight excluding hydrogens is 601 g/mol. The van der Waals surface area contributed by atoms with Gasteiger partial charge in [0, 0.05) is 29.4 Å². The molecule has 2 heterocycles. The van der Waals surface area contributed by atoms with Gasteiger partial charge in [-0.05, 0) is 55.5 Å². The number of aryl methyl sites for hydroxylation is 1. The normalized spacial score (nSPS) is 11.9. The first-order valence-electron chi connectivity index (χ1n) is 15.3. The second-order valence-corrected chi connectivity index (χ2v) is 11.0. The predicted molar refractivity (Wildman–Crippen MR) is 170 cm³/mol. The van der Waals surface area contributed by atoms with Crippen LogP contribution in [0.2, 0.25) is 0 Å². The van der Waals surface area contributed by atoms with Gasteiger partial charge in [0.15, 0.2) is 0 Å². The van der Waals surface area contributed by atoms with Gasteiger partial charge in [0.25, 0.3) is 0 Å². The maximum absolute atomic E-state index is 13.4. The average molecular weight is 643 g/mol. The van der Waals surface area contributed by atoms with Crippen molar-refractivity contribution in [1.29, 1.82) is 0 Å². The third-order valence-corrected chi connectivity index (χ3v) is 7.51. The fourth-order valence-corrected chi connectivity index (χ4v) is 5.02. The maximum Gasteiger partial charge on any atom is 0.490 e. The van der Waals surface area contributed by atoms with Crippen LogP contribution in [-0.2, 0) is 20.8 Å². The summed E-state index contributed by atoms with van der Waals surface area (Å²) in [6.45, 7) is 4.10. The molecule has 0 radical (unpaired) electrons. The number of methoxy groups -OCH3 is 1. The number of unbranched alkanes of at least 4 members (excludes halogenated alkanes) is 3.